The SMILES string of the molecule is CCCCC(=O)N(N)NC(=O)OC(C)(C)C. The summed E-state index contributed by atoms with van der Waals surface area (Å²) in [6.45, 7) is 7.15. The fourth-order valence-electron chi connectivity index (χ4n) is 0.910. The van der Waals surface area contributed by atoms with Crippen LogP contribution in [0.2, 0.25) is 0 Å². The zero-order chi connectivity index (χ0) is 12.8. The van der Waals surface area contributed by atoms with Gasteiger partial charge >= 0.3 is 6.09 Å². The van der Waals surface area contributed by atoms with E-state index in [2.05, 4.69) is 5.43 Å². The first-order chi connectivity index (χ1) is 7.26. The fraction of sp³-hybridized carbons (Fsp3) is 0.800. The highest BCUT2D eigenvalue weighted by Crippen LogP contribution is 2.06. The maximum atomic E-state index is 11.3. The van der Waals surface area contributed by atoms with E-state index in [0.717, 1.165) is 12.8 Å². The molecule has 0 unspecified atom stereocenters. The van der Waals surface area contributed by atoms with Gasteiger partial charge in [0.05, 0.1) is 0 Å². The highest BCUT2D eigenvalue weighted by molar-refractivity contribution is 5.78. The number of rotatable bonds is 3. The van der Waals surface area contributed by atoms with E-state index in [4.69, 9.17) is 10.6 Å². The predicted molar refractivity (Wildman–Crippen MR) is 59.9 cm³/mol. The Hall–Kier alpha value is -1.30. The Morgan fingerprint density at radius 2 is 1.94 bits per heavy atom. The number of unbranched alkanes of at least 4 members (excludes halogenated alkanes) is 1. The summed E-state index contributed by atoms with van der Waals surface area (Å²) in [5.74, 6) is 5.01. The summed E-state index contributed by atoms with van der Waals surface area (Å²) in [6, 6.07) is 0. The van der Waals surface area contributed by atoms with Gasteiger partial charge in [0.1, 0.15) is 5.60 Å². The molecule has 0 aliphatic rings. The molecule has 0 atom stereocenters. The van der Waals surface area contributed by atoms with Crippen molar-refractivity contribution in [1.82, 2.24) is 10.5 Å². The third kappa shape index (κ3) is 7.05. The minimum Gasteiger partial charge on any atom is -0.443 e. The molecular weight excluding hydrogens is 210 g/mol. The second-order valence-electron chi connectivity index (χ2n) is 4.48. The van der Waals surface area contributed by atoms with Gasteiger partial charge in [-0.1, -0.05) is 13.3 Å². The van der Waals surface area contributed by atoms with Gasteiger partial charge in [-0.15, -0.1) is 0 Å². The van der Waals surface area contributed by atoms with Crippen LogP contribution in [0.5, 0.6) is 0 Å². The number of hydrazine groups is 2. The first-order valence-corrected chi connectivity index (χ1v) is 5.33. The molecule has 0 heterocycles. The molecule has 0 aromatic heterocycles. The summed E-state index contributed by atoms with van der Waals surface area (Å²) in [4.78, 5) is 22.6. The molecule has 16 heavy (non-hydrogen) atoms. The van der Waals surface area contributed by atoms with Crippen LogP contribution < -0.4 is 11.3 Å². The number of nitrogens with zero attached hydrogens (tertiary/aromatic N) is 1. The summed E-state index contributed by atoms with van der Waals surface area (Å²) in [6.07, 6.45) is 1.21. The van der Waals surface area contributed by atoms with E-state index in [9.17, 15) is 9.59 Å². The van der Waals surface area contributed by atoms with Gasteiger partial charge in [-0.05, 0) is 27.2 Å². The highest BCUT2D eigenvalue weighted by atomic mass is 16.6. The summed E-state index contributed by atoms with van der Waals surface area (Å²) >= 11 is 0. The molecule has 0 fully saturated rings. The Bertz CT molecular complexity index is 248. The maximum absolute atomic E-state index is 11.3. The summed E-state index contributed by atoms with van der Waals surface area (Å²) < 4.78 is 4.94. The molecule has 0 saturated heterocycles. The van der Waals surface area contributed by atoms with Gasteiger partial charge in [-0.25, -0.2) is 16.1 Å². The Labute approximate surface area is 96.1 Å². The lowest BCUT2D eigenvalue weighted by Gasteiger charge is -2.22. The molecule has 94 valence electrons. The number of carbonyl (C=O) groups is 2. The second kappa shape index (κ2) is 6.32. The number of amides is 2. The predicted octanol–water partition coefficient (Wildman–Crippen LogP) is 1.32. The van der Waals surface area contributed by atoms with Crippen molar-refractivity contribution in [2.45, 2.75) is 52.6 Å². The van der Waals surface area contributed by atoms with Crippen LogP contribution in [0.25, 0.3) is 0 Å². The molecule has 3 N–H and O–H groups in total. The molecule has 0 aliphatic carbocycles. The number of nitrogens with two attached hydrogens (primary N) is 1. The maximum Gasteiger partial charge on any atom is 0.427 e. The van der Waals surface area contributed by atoms with Crippen molar-refractivity contribution in [2.24, 2.45) is 5.84 Å². The van der Waals surface area contributed by atoms with Crippen LogP contribution in [-0.2, 0) is 9.53 Å². The van der Waals surface area contributed by atoms with Crippen molar-refractivity contribution in [2.75, 3.05) is 0 Å². The smallest absolute Gasteiger partial charge is 0.427 e. The molecule has 2 amide bonds. The average molecular weight is 231 g/mol. The third-order valence-corrected chi connectivity index (χ3v) is 1.62. The average Bonchev–Trinajstić information content (AvgIpc) is 2.10. The van der Waals surface area contributed by atoms with Gasteiger partial charge in [-0.3, -0.25) is 4.79 Å². The monoisotopic (exact) mass is 231 g/mol. The number of hydrogen-bond acceptors (Lipinski definition) is 4. The summed E-state index contributed by atoms with van der Waals surface area (Å²) in [7, 11) is 0. The molecule has 0 aromatic rings. The normalized spacial score (nSPS) is 10.8. The largest absolute Gasteiger partial charge is 0.443 e. The van der Waals surface area contributed by atoms with E-state index in [1.807, 2.05) is 6.92 Å². The zero-order valence-electron chi connectivity index (χ0n) is 10.4. The van der Waals surface area contributed by atoms with Crippen LogP contribution >= 0.6 is 0 Å². The van der Waals surface area contributed by atoms with Crippen molar-refractivity contribution < 1.29 is 14.3 Å². The van der Waals surface area contributed by atoms with Gasteiger partial charge in [0.25, 0.3) is 5.91 Å². The fourth-order valence-corrected chi connectivity index (χ4v) is 0.910. The van der Waals surface area contributed by atoms with Crippen molar-refractivity contribution in [3.8, 4) is 0 Å². The lowest BCUT2D eigenvalue weighted by Crippen LogP contribution is -2.52. The number of ether oxygens (including phenoxy) is 1. The van der Waals surface area contributed by atoms with Crippen molar-refractivity contribution in [3.63, 3.8) is 0 Å². The zero-order valence-corrected chi connectivity index (χ0v) is 10.4. The van der Waals surface area contributed by atoms with Crippen LogP contribution in [0.3, 0.4) is 0 Å². The molecule has 6 nitrogen and oxygen atoms in total. The molecule has 0 spiro atoms. The van der Waals surface area contributed by atoms with E-state index in [1.54, 1.807) is 20.8 Å². The van der Waals surface area contributed by atoms with Crippen LogP contribution in [0.1, 0.15) is 47.0 Å². The highest BCUT2D eigenvalue weighted by Gasteiger charge is 2.19. The Morgan fingerprint density at radius 1 is 1.38 bits per heavy atom. The van der Waals surface area contributed by atoms with Crippen LogP contribution in [0.4, 0.5) is 4.79 Å². The number of hydrogen-bond donors (Lipinski definition) is 2. The first-order valence-electron chi connectivity index (χ1n) is 5.33. The molecule has 0 rings (SSSR count). The van der Waals surface area contributed by atoms with Crippen LogP contribution in [-0.4, -0.2) is 22.7 Å². The molecule has 0 aliphatic heterocycles. The van der Waals surface area contributed by atoms with Crippen molar-refractivity contribution >= 4 is 12.0 Å². The molecule has 0 bridgehead atoms. The van der Waals surface area contributed by atoms with Gasteiger partial charge in [0, 0.05) is 6.42 Å². The minimum absolute atomic E-state index is 0.308. The second-order valence-corrected chi connectivity index (χ2v) is 4.48. The number of nitrogens with one attached hydrogen (secondary N) is 1. The number of carbonyl (C=O) groups excluding carboxylic acids is 2. The Balaban J connectivity index is 3.99. The Morgan fingerprint density at radius 3 is 2.38 bits per heavy atom. The van der Waals surface area contributed by atoms with Gasteiger partial charge in [0.2, 0.25) is 0 Å². The quantitative estimate of drug-likeness (QED) is 0.436. The molecule has 0 saturated carbocycles. The van der Waals surface area contributed by atoms with Crippen LogP contribution in [0, 0.1) is 0 Å². The lowest BCUT2D eigenvalue weighted by atomic mass is 10.2. The molecule has 6 heteroatoms. The van der Waals surface area contributed by atoms with E-state index < -0.39 is 11.7 Å². The third-order valence-electron chi connectivity index (χ3n) is 1.62. The molecule has 0 aromatic carbocycles. The Kier molecular flexibility index (Phi) is 5.81. The first kappa shape index (κ1) is 14.7. The van der Waals surface area contributed by atoms with Crippen molar-refractivity contribution in [3.05, 3.63) is 0 Å². The van der Waals surface area contributed by atoms with E-state index in [0.29, 0.717) is 11.5 Å². The lowest BCUT2D eigenvalue weighted by molar-refractivity contribution is -0.134. The van der Waals surface area contributed by atoms with E-state index in [1.165, 1.54) is 0 Å². The van der Waals surface area contributed by atoms with Gasteiger partial charge in [0.15, 0.2) is 0 Å². The van der Waals surface area contributed by atoms with Crippen molar-refractivity contribution in [1.29, 1.82) is 0 Å². The van der Waals surface area contributed by atoms with Gasteiger partial charge < -0.3 is 4.74 Å². The molecule has 0 radical (unpaired) electrons. The summed E-state index contributed by atoms with van der Waals surface area (Å²) in [5, 5.41) is 0.670. The van der Waals surface area contributed by atoms with Gasteiger partial charge in [-0.2, -0.15) is 5.12 Å². The van der Waals surface area contributed by atoms with Crippen LogP contribution in [0.15, 0.2) is 0 Å². The van der Waals surface area contributed by atoms with E-state index in [-0.39, 0.29) is 5.91 Å². The standard InChI is InChI=1S/C10H21N3O3/c1-5-6-7-8(14)13(11)12-9(15)16-10(2,3)4/h5-7,11H2,1-4H3,(H,12,15). The van der Waals surface area contributed by atoms with E-state index >= 15 is 0 Å². The molecular formula is C10H21N3O3. The topological polar surface area (TPSA) is 84.7 Å². The summed E-state index contributed by atoms with van der Waals surface area (Å²) in [5.41, 5.74) is 1.53. The minimum atomic E-state index is -0.736.